The molecule has 1 N–H and O–H groups in total. The molecule has 4 nitrogen and oxygen atoms in total. The van der Waals surface area contributed by atoms with E-state index in [2.05, 4.69) is 20.5 Å². The molecule has 0 radical (unpaired) electrons. The zero-order valence-electron chi connectivity index (χ0n) is 9.52. The van der Waals surface area contributed by atoms with Crippen molar-refractivity contribution in [1.82, 2.24) is 15.1 Å². The Morgan fingerprint density at radius 1 is 1.19 bits per heavy atom. The van der Waals surface area contributed by atoms with Gasteiger partial charge in [0.2, 0.25) is 0 Å². The summed E-state index contributed by atoms with van der Waals surface area (Å²) in [5.41, 5.74) is 0.430. The standard InChI is InChI=1S/C11H19N3OS/c1-2-4-13(3-1)10-9-16-11(12-10)14-5-7-15-8-6-14/h9,11-12H,1-8H2. The maximum atomic E-state index is 5.38. The van der Waals surface area contributed by atoms with Gasteiger partial charge in [0.05, 0.1) is 13.2 Å². The second-order valence-electron chi connectivity index (χ2n) is 4.48. The van der Waals surface area contributed by atoms with Crippen molar-refractivity contribution in [3.05, 3.63) is 11.2 Å². The van der Waals surface area contributed by atoms with Crippen LogP contribution in [0.15, 0.2) is 11.2 Å². The van der Waals surface area contributed by atoms with Crippen molar-refractivity contribution in [1.29, 1.82) is 0 Å². The lowest BCUT2D eigenvalue weighted by Crippen LogP contribution is -2.48. The molecule has 1 atom stereocenters. The minimum atomic E-state index is 0.430. The molecule has 0 aliphatic carbocycles. The first-order valence-corrected chi connectivity index (χ1v) is 7.07. The summed E-state index contributed by atoms with van der Waals surface area (Å²) in [5.74, 6) is 1.33. The monoisotopic (exact) mass is 241 g/mol. The van der Waals surface area contributed by atoms with Crippen molar-refractivity contribution in [2.75, 3.05) is 39.4 Å². The van der Waals surface area contributed by atoms with Gasteiger partial charge in [-0.25, -0.2) is 0 Å². The van der Waals surface area contributed by atoms with Gasteiger partial charge >= 0.3 is 0 Å². The van der Waals surface area contributed by atoms with E-state index in [4.69, 9.17) is 4.74 Å². The maximum Gasteiger partial charge on any atom is 0.133 e. The lowest BCUT2D eigenvalue weighted by atomic mass is 10.4. The molecule has 3 aliphatic rings. The van der Waals surface area contributed by atoms with Gasteiger partial charge < -0.3 is 15.0 Å². The maximum absolute atomic E-state index is 5.38. The van der Waals surface area contributed by atoms with Crippen LogP contribution in [0.4, 0.5) is 0 Å². The Morgan fingerprint density at radius 2 is 1.94 bits per heavy atom. The first-order chi connectivity index (χ1) is 7.93. The fourth-order valence-electron chi connectivity index (χ4n) is 2.44. The van der Waals surface area contributed by atoms with Crippen molar-refractivity contribution in [2.45, 2.75) is 18.3 Å². The number of thioether (sulfide) groups is 1. The van der Waals surface area contributed by atoms with Gasteiger partial charge in [-0.1, -0.05) is 11.8 Å². The molecule has 3 aliphatic heterocycles. The molecule has 0 amide bonds. The van der Waals surface area contributed by atoms with Crippen LogP contribution in [0.25, 0.3) is 0 Å². The molecule has 3 rings (SSSR count). The Bertz CT molecular complexity index is 272. The fraction of sp³-hybridized carbons (Fsp3) is 0.818. The SMILES string of the molecule is C1=C(N2CCCC2)NC(N2CCOCC2)S1. The average Bonchev–Trinajstić information content (AvgIpc) is 3.01. The Balaban J connectivity index is 1.54. The first kappa shape index (κ1) is 10.7. The van der Waals surface area contributed by atoms with Crippen molar-refractivity contribution in [3.8, 4) is 0 Å². The second kappa shape index (κ2) is 4.85. The van der Waals surface area contributed by atoms with Crippen molar-refractivity contribution < 1.29 is 4.74 Å². The summed E-state index contributed by atoms with van der Waals surface area (Å²) in [6.45, 7) is 6.28. The molecule has 1 unspecified atom stereocenters. The van der Waals surface area contributed by atoms with E-state index >= 15 is 0 Å². The van der Waals surface area contributed by atoms with Gasteiger partial charge in [-0.2, -0.15) is 0 Å². The number of hydrogen-bond donors (Lipinski definition) is 1. The van der Waals surface area contributed by atoms with Crippen LogP contribution in [0.3, 0.4) is 0 Å². The minimum Gasteiger partial charge on any atom is -0.379 e. The molecular formula is C11H19N3OS. The minimum absolute atomic E-state index is 0.430. The molecule has 90 valence electrons. The molecule has 0 aromatic carbocycles. The largest absolute Gasteiger partial charge is 0.379 e. The number of nitrogens with zero attached hydrogens (tertiary/aromatic N) is 2. The predicted octanol–water partition coefficient (Wildman–Crippen LogP) is 0.833. The van der Waals surface area contributed by atoms with E-state index in [0.717, 1.165) is 26.3 Å². The molecule has 0 bridgehead atoms. The predicted molar refractivity (Wildman–Crippen MR) is 65.8 cm³/mol. The van der Waals surface area contributed by atoms with Crippen LogP contribution in [-0.2, 0) is 4.74 Å². The van der Waals surface area contributed by atoms with Crippen LogP contribution in [0.1, 0.15) is 12.8 Å². The molecule has 0 spiro atoms. The molecule has 0 aromatic heterocycles. The number of rotatable bonds is 2. The summed E-state index contributed by atoms with van der Waals surface area (Å²) in [5, 5.41) is 5.91. The number of nitrogens with one attached hydrogen (secondary N) is 1. The Hall–Kier alpha value is -0.390. The summed E-state index contributed by atoms with van der Waals surface area (Å²) < 4.78 is 5.38. The number of likely N-dealkylation sites (tertiary alicyclic amines) is 1. The van der Waals surface area contributed by atoms with E-state index in [-0.39, 0.29) is 0 Å². The Labute approximate surface area is 101 Å². The quantitative estimate of drug-likeness (QED) is 0.773. The van der Waals surface area contributed by atoms with Crippen LogP contribution < -0.4 is 5.32 Å². The molecule has 3 heterocycles. The van der Waals surface area contributed by atoms with Crippen LogP contribution in [-0.4, -0.2) is 54.7 Å². The van der Waals surface area contributed by atoms with Crippen LogP contribution >= 0.6 is 11.8 Å². The molecule has 16 heavy (non-hydrogen) atoms. The van der Waals surface area contributed by atoms with Gasteiger partial charge in [0, 0.05) is 31.6 Å². The molecule has 0 saturated carbocycles. The summed E-state index contributed by atoms with van der Waals surface area (Å²) in [6, 6.07) is 0. The van der Waals surface area contributed by atoms with E-state index in [1.54, 1.807) is 0 Å². The van der Waals surface area contributed by atoms with E-state index in [1.807, 2.05) is 11.8 Å². The van der Waals surface area contributed by atoms with E-state index in [1.165, 1.54) is 31.8 Å². The van der Waals surface area contributed by atoms with Gasteiger partial charge in [0.25, 0.3) is 0 Å². The number of hydrogen-bond acceptors (Lipinski definition) is 5. The van der Waals surface area contributed by atoms with E-state index < -0.39 is 0 Å². The lowest BCUT2D eigenvalue weighted by molar-refractivity contribution is 0.0286. The highest BCUT2D eigenvalue weighted by Crippen LogP contribution is 2.27. The Kier molecular flexibility index (Phi) is 3.26. The first-order valence-electron chi connectivity index (χ1n) is 6.12. The highest BCUT2D eigenvalue weighted by molar-refractivity contribution is 8.02. The van der Waals surface area contributed by atoms with Gasteiger partial charge in [-0.15, -0.1) is 0 Å². The second-order valence-corrected chi connectivity index (χ2v) is 5.43. The average molecular weight is 241 g/mol. The van der Waals surface area contributed by atoms with Gasteiger partial charge in [0.1, 0.15) is 11.3 Å². The third kappa shape index (κ3) is 2.17. The number of morpholine rings is 1. The third-order valence-electron chi connectivity index (χ3n) is 3.40. The van der Waals surface area contributed by atoms with Gasteiger partial charge in [-0.3, -0.25) is 4.90 Å². The molecule has 2 saturated heterocycles. The van der Waals surface area contributed by atoms with Crippen molar-refractivity contribution >= 4 is 11.8 Å². The highest BCUT2D eigenvalue weighted by Gasteiger charge is 2.28. The van der Waals surface area contributed by atoms with Crippen LogP contribution in [0.2, 0.25) is 0 Å². The normalized spacial score (nSPS) is 31.6. The summed E-state index contributed by atoms with van der Waals surface area (Å²) in [4.78, 5) is 4.93. The van der Waals surface area contributed by atoms with E-state index in [9.17, 15) is 0 Å². The lowest BCUT2D eigenvalue weighted by Gasteiger charge is -2.32. The zero-order chi connectivity index (χ0) is 10.8. The zero-order valence-corrected chi connectivity index (χ0v) is 10.3. The highest BCUT2D eigenvalue weighted by atomic mass is 32.2. The summed E-state index contributed by atoms with van der Waals surface area (Å²) in [7, 11) is 0. The van der Waals surface area contributed by atoms with Gasteiger partial charge in [0.15, 0.2) is 0 Å². The molecule has 5 heteroatoms. The summed E-state index contributed by atoms with van der Waals surface area (Å²) in [6.07, 6.45) is 2.68. The van der Waals surface area contributed by atoms with E-state index in [0.29, 0.717) is 5.50 Å². The molecule has 0 aromatic rings. The van der Waals surface area contributed by atoms with Crippen molar-refractivity contribution in [2.24, 2.45) is 0 Å². The van der Waals surface area contributed by atoms with Gasteiger partial charge in [-0.05, 0) is 12.8 Å². The van der Waals surface area contributed by atoms with Crippen LogP contribution in [0, 0.1) is 0 Å². The molecular weight excluding hydrogens is 222 g/mol. The van der Waals surface area contributed by atoms with Crippen molar-refractivity contribution in [3.63, 3.8) is 0 Å². The number of ether oxygens (including phenoxy) is 1. The smallest absolute Gasteiger partial charge is 0.133 e. The fourth-order valence-corrected chi connectivity index (χ4v) is 3.48. The molecule has 2 fully saturated rings. The topological polar surface area (TPSA) is 27.7 Å². The summed E-state index contributed by atoms with van der Waals surface area (Å²) >= 11 is 1.90. The Morgan fingerprint density at radius 3 is 2.69 bits per heavy atom. The van der Waals surface area contributed by atoms with Crippen LogP contribution in [0.5, 0.6) is 0 Å². The third-order valence-corrected chi connectivity index (χ3v) is 4.44.